The Morgan fingerprint density at radius 1 is 0.900 bits per heavy atom. The smallest absolute Gasteiger partial charge is 0.182 e. The fraction of sp³-hybridized carbons (Fsp3) is 0.529. The molecule has 0 unspecified atom stereocenters. The molecule has 0 bridgehead atoms. The van der Waals surface area contributed by atoms with Gasteiger partial charge in [-0.25, -0.2) is 0 Å². The molecule has 3 nitrogen and oxygen atoms in total. The highest BCUT2D eigenvalue weighted by Gasteiger charge is 1.98. The third-order valence-electron chi connectivity index (χ3n) is 3.10. The Kier molecular flexibility index (Phi) is 12.7. The fourth-order valence-electron chi connectivity index (χ4n) is 1.99. The Hall–Kier alpha value is -1.64. The van der Waals surface area contributed by atoms with E-state index in [9.17, 15) is 5.11 Å². The summed E-state index contributed by atoms with van der Waals surface area (Å²) in [5.41, 5.74) is 1.09. The van der Waals surface area contributed by atoms with Gasteiger partial charge < -0.3 is 5.11 Å². The van der Waals surface area contributed by atoms with Crippen molar-refractivity contribution in [2.24, 2.45) is 0 Å². The number of aryl methyl sites for hydroxylation is 1. The SMILES string of the molecule is CCCCCCCCCc1ccccc1O.O=CC=O. The molecule has 0 fully saturated rings. The maximum absolute atomic E-state index is 9.58. The number of para-hydroxylation sites is 1. The van der Waals surface area contributed by atoms with E-state index in [1.165, 1.54) is 44.9 Å². The van der Waals surface area contributed by atoms with Crippen molar-refractivity contribution in [3.63, 3.8) is 0 Å². The Morgan fingerprint density at radius 2 is 1.45 bits per heavy atom. The first-order valence-corrected chi connectivity index (χ1v) is 7.42. The highest BCUT2D eigenvalue weighted by Crippen LogP contribution is 2.18. The van der Waals surface area contributed by atoms with Crippen LogP contribution < -0.4 is 0 Å². The van der Waals surface area contributed by atoms with Gasteiger partial charge in [0.25, 0.3) is 0 Å². The predicted octanol–water partition coefficient (Wildman–Crippen LogP) is 4.07. The zero-order valence-electron chi connectivity index (χ0n) is 12.4. The lowest BCUT2D eigenvalue weighted by atomic mass is 10.0. The van der Waals surface area contributed by atoms with E-state index < -0.39 is 0 Å². The zero-order chi connectivity index (χ0) is 15.1. The summed E-state index contributed by atoms with van der Waals surface area (Å²) in [6.45, 7) is 2.25. The first kappa shape index (κ1) is 18.4. The van der Waals surface area contributed by atoms with Gasteiger partial charge in [-0.1, -0.05) is 63.6 Å². The molecule has 0 amide bonds. The van der Waals surface area contributed by atoms with Crippen LogP contribution in [0.25, 0.3) is 0 Å². The molecular formula is C17H26O3. The molecule has 0 atom stereocenters. The van der Waals surface area contributed by atoms with Crippen LogP contribution in [-0.2, 0) is 16.0 Å². The lowest BCUT2D eigenvalue weighted by Crippen LogP contribution is -1.87. The number of carbonyl (C=O) groups is 2. The van der Waals surface area contributed by atoms with Crippen molar-refractivity contribution in [1.29, 1.82) is 0 Å². The summed E-state index contributed by atoms with van der Waals surface area (Å²) >= 11 is 0. The second kappa shape index (κ2) is 13.8. The quantitative estimate of drug-likeness (QED) is 0.421. The first-order valence-electron chi connectivity index (χ1n) is 7.42. The molecule has 1 N–H and O–H groups in total. The summed E-state index contributed by atoms with van der Waals surface area (Å²) in [4.78, 5) is 17.6. The minimum atomic E-state index is 0.194. The minimum absolute atomic E-state index is 0.194. The molecular weight excluding hydrogens is 252 g/mol. The number of unbranched alkanes of at least 4 members (excludes halogenated alkanes) is 6. The molecule has 20 heavy (non-hydrogen) atoms. The summed E-state index contributed by atoms with van der Waals surface area (Å²) in [6, 6.07) is 7.67. The van der Waals surface area contributed by atoms with Crippen LogP contribution >= 0.6 is 0 Å². The van der Waals surface area contributed by atoms with Gasteiger partial charge in [0, 0.05) is 0 Å². The summed E-state index contributed by atoms with van der Waals surface area (Å²) < 4.78 is 0. The van der Waals surface area contributed by atoms with E-state index in [0.29, 0.717) is 5.75 Å². The average Bonchev–Trinajstić information content (AvgIpc) is 2.48. The van der Waals surface area contributed by atoms with Crippen LogP contribution in [0.2, 0.25) is 0 Å². The van der Waals surface area contributed by atoms with Gasteiger partial charge in [-0.15, -0.1) is 0 Å². The highest BCUT2D eigenvalue weighted by molar-refractivity contribution is 6.09. The molecule has 0 aromatic heterocycles. The lowest BCUT2D eigenvalue weighted by Gasteiger charge is -2.04. The number of hydrogen-bond donors (Lipinski definition) is 1. The number of aromatic hydroxyl groups is 1. The summed E-state index contributed by atoms with van der Waals surface area (Å²) in [7, 11) is 0. The van der Waals surface area contributed by atoms with Crippen LogP contribution in [0.5, 0.6) is 5.75 Å². The third-order valence-corrected chi connectivity index (χ3v) is 3.10. The monoisotopic (exact) mass is 278 g/mol. The molecule has 0 heterocycles. The van der Waals surface area contributed by atoms with Crippen LogP contribution in [-0.4, -0.2) is 17.7 Å². The van der Waals surface area contributed by atoms with Crippen molar-refractivity contribution in [2.75, 3.05) is 0 Å². The van der Waals surface area contributed by atoms with Gasteiger partial charge in [-0.3, -0.25) is 9.59 Å². The van der Waals surface area contributed by atoms with Crippen molar-refractivity contribution in [3.8, 4) is 5.75 Å². The molecule has 3 heteroatoms. The van der Waals surface area contributed by atoms with E-state index in [-0.39, 0.29) is 12.6 Å². The van der Waals surface area contributed by atoms with Crippen LogP contribution in [0, 0.1) is 0 Å². The van der Waals surface area contributed by atoms with E-state index in [0.717, 1.165) is 12.0 Å². The molecule has 0 radical (unpaired) electrons. The van der Waals surface area contributed by atoms with Crippen LogP contribution in [0.15, 0.2) is 24.3 Å². The standard InChI is InChI=1S/C15H24O.C2H2O2/c1-2-3-4-5-6-7-8-11-14-12-9-10-13-15(14)16;3-1-2-4/h9-10,12-13,16H,2-8,11H2,1H3;1-2H. The topological polar surface area (TPSA) is 54.4 Å². The molecule has 0 aliphatic heterocycles. The van der Waals surface area contributed by atoms with Crippen molar-refractivity contribution in [3.05, 3.63) is 29.8 Å². The Morgan fingerprint density at radius 3 is 2.00 bits per heavy atom. The predicted molar refractivity (Wildman–Crippen MR) is 81.9 cm³/mol. The minimum Gasteiger partial charge on any atom is -0.508 e. The van der Waals surface area contributed by atoms with Crippen molar-refractivity contribution in [1.82, 2.24) is 0 Å². The van der Waals surface area contributed by atoms with Crippen LogP contribution in [0.4, 0.5) is 0 Å². The molecule has 0 saturated heterocycles. The van der Waals surface area contributed by atoms with Gasteiger partial charge in [-0.05, 0) is 24.5 Å². The molecule has 1 rings (SSSR count). The number of rotatable bonds is 9. The molecule has 112 valence electrons. The van der Waals surface area contributed by atoms with E-state index >= 15 is 0 Å². The molecule has 1 aromatic rings. The largest absolute Gasteiger partial charge is 0.508 e. The van der Waals surface area contributed by atoms with E-state index in [1.54, 1.807) is 6.07 Å². The van der Waals surface area contributed by atoms with Crippen molar-refractivity contribution in [2.45, 2.75) is 58.3 Å². The number of aldehydes is 2. The maximum atomic E-state index is 9.58. The van der Waals surface area contributed by atoms with Gasteiger partial charge in [0.15, 0.2) is 12.6 Å². The summed E-state index contributed by atoms with van der Waals surface area (Å²) in [6.07, 6.45) is 10.7. The highest BCUT2D eigenvalue weighted by atomic mass is 16.3. The number of carbonyl (C=O) groups excluding carboxylic acids is 2. The molecule has 1 aromatic carbocycles. The second-order valence-corrected chi connectivity index (χ2v) is 4.77. The zero-order valence-corrected chi connectivity index (χ0v) is 12.4. The average molecular weight is 278 g/mol. The lowest BCUT2D eigenvalue weighted by molar-refractivity contribution is -0.122. The Bertz CT molecular complexity index is 355. The maximum Gasteiger partial charge on any atom is 0.182 e. The van der Waals surface area contributed by atoms with Gasteiger partial charge >= 0.3 is 0 Å². The number of phenolic OH excluding ortho intramolecular Hbond substituents is 1. The number of phenols is 1. The number of benzene rings is 1. The van der Waals surface area contributed by atoms with Crippen LogP contribution in [0.1, 0.15) is 57.4 Å². The molecule has 0 aliphatic rings. The Labute approximate surface area is 122 Å². The van der Waals surface area contributed by atoms with Crippen LogP contribution in [0.3, 0.4) is 0 Å². The second-order valence-electron chi connectivity index (χ2n) is 4.77. The summed E-state index contributed by atoms with van der Waals surface area (Å²) in [5.74, 6) is 0.452. The van der Waals surface area contributed by atoms with Gasteiger partial charge in [0.05, 0.1) is 0 Å². The van der Waals surface area contributed by atoms with Crippen molar-refractivity contribution >= 4 is 12.6 Å². The summed E-state index contributed by atoms with van der Waals surface area (Å²) in [5, 5.41) is 9.58. The van der Waals surface area contributed by atoms with Crippen molar-refractivity contribution < 1.29 is 14.7 Å². The molecule has 0 saturated carbocycles. The van der Waals surface area contributed by atoms with E-state index in [4.69, 9.17) is 9.59 Å². The fourth-order valence-corrected chi connectivity index (χ4v) is 1.99. The van der Waals surface area contributed by atoms with Gasteiger partial charge in [0.2, 0.25) is 0 Å². The molecule has 0 spiro atoms. The normalized spacial score (nSPS) is 9.45. The van der Waals surface area contributed by atoms with E-state index in [1.807, 2.05) is 18.2 Å². The molecule has 0 aliphatic carbocycles. The Balaban J connectivity index is 0.000000796. The van der Waals surface area contributed by atoms with Gasteiger partial charge in [0.1, 0.15) is 5.75 Å². The third kappa shape index (κ3) is 10.3. The number of hydrogen-bond acceptors (Lipinski definition) is 3. The first-order chi connectivity index (χ1) is 9.76. The van der Waals surface area contributed by atoms with Gasteiger partial charge in [-0.2, -0.15) is 0 Å². The van der Waals surface area contributed by atoms with E-state index in [2.05, 4.69) is 6.92 Å².